The molecule has 4 fully saturated rings. The van der Waals surface area contributed by atoms with E-state index in [1.807, 2.05) is 0 Å². The van der Waals surface area contributed by atoms with E-state index in [9.17, 15) is 0 Å². The molecule has 0 aromatic heterocycles. The van der Waals surface area contributed by atoms with Crippen LogP contribution in [0.25, 0.3) is 0 Å². The highest BCUT2D eigenvalue weighted by molar-refractivity contribution is 5.12. The van der Waals surface area contributed by atoms with E-state index in [1.54, 1.807) is 0 Å². The molecule has 1 nitrogen and oxygen atoms in total. The van der Waals surface area contributed by atoms with Gasteiger partial charge in [0.2, 0.25) is 0 Å². The van der Waals surface area contributed by atoms with Gasteiger partial charge in [-0.2, -0.15) is 0 Å². The molecule has 2 bridgehead atoms. The van der Waals surface area contributed by atoms with Crippen LogP contribution < -0.4 is 0 Å². The Hall–Kier alpha value is -0.0400. The van der Waals surface area contributed by atoms with Crippen LogP contribution in [-0.2, 0) is 4.74 Å². The Morgan fingerprint density at radius 1 is 0.818 bits per heavy atom. The van der Waals surface area contributed by atoms with Gasteiger partial charge in [0.15, 0.2) is 0 Å². The van der Waals surface area contributed by atoms with Gasteiger partial charge in [-0.3, -0.25) is 0 Å². The van der Waals surface area contributed by atoms with E-state index in [4.69, 9.17) is 4.74 Å². The Morgan fingerprint density at radius 2 is 1.64 bits per heavy atom. The van der Waals surface area contributed by atoms with Crippen LogP contribution in [-0.4, -0.2) is 12.2 Å². The van der Waals surface area contributed by atoms with Crippen molar-refractivity contribution < 1.29 is 4.74 Å². The Bertz CT molecular complexity index is 209. The van der Waals surface area contributed by atoms with Crippen molar-refractivity contribution >= 4 is 0 Å². The fraction of sp³-hybridized carbons (Fsp3) is 1.00. The number of rotatable bonds is 1. The normalized spacial score (nSPS) is 64.9. The Balaban J connectivity index is 1.66. The fourth-order valence-electron chi connectivity index (χ4n) is 3.72. The molecule has 5 unspecified atom stereocenters. The number of epoxide rings is 1. The smallest absolute Gasteiger partial charge is 0.0875 e. The minimum absolute atomic E-state index is 0.745. The van der Waals surface area contributed by atoms with E-state index in [0.717, 1.165) is 35.9 Å². The molecule has 3 saturated carbocycles. The molecule has 4 rings (SSSR count). The molecule has 60 valence electrons. The molecule has 5 atom stereocenters. The standard InChI is InChI=1S/C10H14O/c1-2-5(1)7-3-6-4-8(7)10-9(6)11-10/h5-10H,1-4H2. The van der Waals surface area contributed by atoms with Gasteiger partial charge in [0, 0.05) is 0 Å². The summed E-state index contributed by atoms with van der Waals surface area (Å²) in [5.41, 5.74) is 0. The van der Waals surface area contributed by atoms with Crippen molar-refractivity contribution in [2.24, 2.45) is 23.7 Å². The van der Waals surface area contributed by atoms with Gasteiger partial charge in [-0.1, -0.05) is 0 Å². The molecular weight excluding hydrogens is 136 g/mol. The summed E-state index contributed by atoms with van der Waals surface area (Å²) in [7, 11) is 0. The van der Waals surface area contributed by atoms with Gasteiger partial charge in [-0.25, -0.2) is 0 Å². The molecule has 0 radical (unpaired) electrons. The van der Waals surface area contributed by atoms with Gasteiger partial charge in [0.25, 0.3) is 0 Å². The average molecular weight is 150 g/mol. The van der Waals surface area contributed by atoms with Crippen LogP contribution in [0.3, 0.4) is 0 Å². The number of hydrogen-bond donors (Lipinski definition) is 0. The highest BCUT2D eigenvalue weighted by atomic mass is 16.6. The second-order valence-electron chi connectivity index (χ2n) is 4.96. The highest BCUT2D eigenvalue weighted by Crippen LogP contribution is 2.63. The lowest BCUT2D eigenvalue weighted by molar-refractivity contribution is 0.242. The summed E-state index contributed by atoms with van der Waals surface area (Å²) in [6.07, 6.45) is 7.61. The van der Waals surface area contributed by atoms with Crippen molar-refractivity contribution in [3.05, 3.63) is 0 Å². The van der Waals surface area contributed by atoms with Crippen molar-refractivity contribution in [3.8, 4) is 0 Å². The van der Waals surface area contributed by atoms with E-state index >= 15 is 0 Å². The van der Waals surface area contributed by atoms with Gasteiger partial charge < -0.3 is 4.74 Å². The van der Waals surface area contributed by atoms with E-state index in [0.29, 0.717) is 0 Å². The summed E-state index contributed by atoms with van der Waals surface area (Å²) >= 11 is 0. The molecule has 4 aliphatic rings. The molecule has 0 spiro atoms. The van der Waals surface area contributed by atoms with Crippen LogP contribution in [0.2, 0.25) is 0 Å². The van der Waals surface area contributed by atoms with Gasteiger partial charge in [-0.05, 0) is 49.4 Å². The molecule has 0 aromatic carbocycles. The molecule has 0 aromatic rings. The maximum Gasteiger partial charge on any atom is 0.0875 e. The van der Waals surface area contributed by atoms with E-state index in [2.05, 4.69) is 0 Å². The van der Waals surface area contributed by atoms with Gasteiger partial charge in [-0.15, -0.1) is 0 Å². The third kappa shape index (κ3) is 0.581. The minimum Gasteiger partial charge on any atom is -0.369 e. The summed E-state index contributed by atoms with van der Waals surface area (Å²) in [5, 5.41) is 0. The summed E-state index contributed by atoms with van der Waals surface area (Å²) in [6, 6.07) is 0. The largest absolute Gasteiger partial charge is 0.369 e. The lowest BCUT2D eigenvalue weighted by Crippen LogP contribution is -2.19. The van der Waals surface area contributed by atoms with Crippen LogP contribution in [0.15, 0.2) is 0 Å². The molecule has 0 N–H and O–H groups in total. The topological polar surface area (TPSA) is 12.5 Å². The van der Waals surface area contributed by atoms with Crippen LogP contribution in [0, 0.1) is 23.7 Å². The second kappa shape index (κ2) is 1.52. The maximum atomic E-state index is 5.65. The van der Waals surface area contributed by atoms with Crippen LogP contribution >= 0.6 is 0 Å². The third-order valence-corrected chi connectivity index (χ3v) is 4.38. The zero-order valence-electron chi connectivity index (χ0n) is 6.70. The quantitative estimate of drug-likeness (QED) is 0.519. The van der Waals surface area contributed by atoms with Crippen molar-refractivity contribution in [1.82, 2.24) is 0 Å². The Kier molecular flexibility index (Phi) is 0.769. The third-order valence-electron chi connectivity index (χ3n) is 4.38. The molecular formula is C10H14O. The van der Waals surface area contributed by atoms with E-state index < -0.39 is 0 Å². The van der Waals surface area contributed by atoms with Crippen molar-refractivity contribution in [2.75, 3.05) is 0 Å². The van der Waals surface area contributed by atoms with E-state index in [1.165, 1.54) is 25.7 Å². The first kappa shape index (κ1) is 5.58. The predicted molar refractivity (Wildman–Crippen MR) is 41.1 cm³/mol. The summed E-state index contributed by atoms with van der Waals surface area (Å²) in [6.45, 7) is 0. The molecule has 1 heterocycles. The first-order valence-electron chi connectivity index (χ1n) is 5.09. The molecule has 1 aliphatic heterocycles. The Labute approximate surface area is 67.1 Å². The van der Waals surface area contributed by atoms with Crippen LogP contribution in [0.5, 0.6) is 0 Å². The summed E-state index contributed by atoms with van der Waals surface area (Å²) in [4.78, 5) is 0. The van der Waals surface area contributed by atoms with Gasteiger partial charge in [0.05, 0.1) is 12.2 Å². The summed E-state index contributed by atoms with van der Waals surface area (Å²) in [5.74, 6) is 4.24. The highest BCUT2D eigenvalue weighted by Gasteiger charge is 2.64. The van der Waals surface area contributed by atoms with Crippen molar-refractivity contribution in [2.45, 2.75) is 37.9 Å². The number of ether oxygens (including phenoxy) is 1. The molecule has 0 amide bonds. The van der Waals surface area contributed by atoms with E-state index in [-0.39, 0.29) is 0 Å². The van der Waals surface area contributed by atoms with Crippen molar-refractivity contribution in [3.63, 3.8) is 0 Å². The lowest BCUT2D eigenvalue weighted by atomic mass is 9.85. The predicted octanol–water partition coefficient (Wildman–Crippen LogP) is 1.82. The molecule has 1 heteroatoms. The van der Waals surface area contributed by atoms with Crippen LogP contribution in [0.4, 0.5) is 0 Å². The lowest BCUT2D eigenvalue weighted by Gasteiger charge is -2.17. The minimum atomic E-state index is 0.745. The molecule has 1 saturated heterocycles. The zero-order valence-corrected chi connectivity index (χ0v) is 6.70. The van der Waals surface area contributed by atoms with Crippen molar-refractivity contribution in [1.29, 1.82) is 0 Å². The fourth-order valence-corrected chi connectivity index (χ4v) is 3.72. The SMILES string of the molecule is C1CC1C1CC2CC1C1OC21. The zero-order chi connectivity index (χ0) is 7.00. The maximum absolute atomic E-state index is 5.65. The average Bonchev–Trinajstić information content (AvgIpc) is 2.91. The number of hydrogen-bond acceptors (Lipinski definition) is 1. The van der Waals surface area contributed by atoms with Crippen LogP contribution in [0.1, 0.15) is 25.7 Å². The van der Waals surface area contributed by atoms with Gasteiger partial charge in [0.1, 0.15) is 0 Å². The van der Waals surface area contributed by atoms with Gasteiger partial charge >= 0.3 is 0 Å². The Morgan fingerprint density at radius 3 is 2.27 bits per heavy atom. The number of fused-ring (bicyclic) bond motifs is 5. The summed E-state index contributed by atoms with van der Waals surface area (Å²) < 4.78 is 5.65. The first-order chi connectivity index (χ1) is 5.43. The second-order valence-corrected chi connectivity index (χ2v) is 4.96. The first-order valence-corrected chi connectivity index (χ1v) is 5.09. The monoisotopic (exact) mass is 150 g/mol. The molecule has 11 heavy (non-hydrogen) atoms. The molecule has 3 aliphatic carbocycles.